The summed E-state index contributed by atoms with van der Waals surface area (Å²) in [6.07, 6.45) is 1.14. The fourth-order valence-electron chi connectivity index (χ4n) is 0.778. The Hall–Kier alpha value is -0.880. The van der Waals surface area contributed by atoms with Crippen molar-refractivity contribution in [2.45, 2.75) is 12.3 Å². The first-order valence-electron chi connectivity index (χ1n) is 3.33. The minimum absolute atomic E-state index is 0.125. The highest BCUT2D eigenvalue weighted by Gasteiger charge is 2.09. The number of sulfone groups is 1. The molecule has 0 fully saturated rings. The van der Waals surface area contributed by atoms with Crippen molar-refractivity contribution in [3.8, 4) is 0 Å². The summed E-state index contributed by atoms with van der Waals surface area (Å²) in [5, 5.41) is 3.55. The van der Waals surface area contributed by atoms with Gasteiger partial charge in [-0.05, 0) is 0 Å². The fourth-order valence-corrected chi connectivity index (χ4v) is 1.43. The fraction of sp³-hybridized carbons (Fsp3) is 0.500. The Morgan fingerprint density at radius 2 is 2.33 bits per heavy atom. The molecule has 68 valence electrons. The maximum Gasteiger partial charge on any atom is 0.154 e. The molecule has 1 aromatic heterocycles. The highest BCUT2D eigenvalue weighted by molar-refractivity contribution is 7.89. The molecule has 0 aliphatic heterocycles. The maximum atomic E-state index is 10.8. The van der Waals surface area contributed by atoms with E-state index in [-0.39, 0.29) is 12.3 Å². The molecule has 0 unspecified atom stereocenters. The van der Waals surface area contributed by atoms with Crippen molar-refractivity contribution < 1.29 is 12.9 Å². The summed E-state index contributed by atoms with van der Waals surface area (Å²) in [6, 6.07) is 1.54. The summed E-state index contributed by atoms with van der Waals surface area (Å²) in [4.78, 5) is 0. The van der Waals surface area contributed by atoms with Crippen LogP contribution in [0.25, 0.3) is 0 Å². The quantitative estimate of drug-likeness (QED) is 0.705. The Balaban J connectivity index is 2.78. The lowest BCUT2D eigenvalue weighted by Gasteiger charge is -1.89. The average molecular weight is 190 g/mol. The van der Waals surface area contributed by atoms with Crippen molar-refractivity contribution in [3.63, 3.8) is 0 Å². The van der Waals surface area contributed by atoms with E-state index in [1.807, 2.05) is 0 Å². The van der Waals surface area contributed by atoms with Gasteiger partial charge in [0.2, 0.25) is 0 Å². The molecule has 1 aromatic rings. The van der Waals surface area contributed by atoms with Crippen molar-refractivity contribution >= 4 is 9.84 Å². The van der Waals surface area contributed by atoms with Gasteiger partial charge in [0.05, 0.1) is 5.69 Å². The SMILES string of the molecule is CS(=O)(=O)Cc1cc(CN)no1. The van der Waals surface area contributed by atoms with E-state index in [4.69, 9.17) is 10.3 Å². The molecule has 0 saturated heterocycles. The van der Waals surface area contributed by atoms with Crippen LogP contribution in [0.5, 0.6) is 0 Å². The minimum atomic E-state index is -3.05. The molecule has 0 radical (unpaired) electrons. The van der Waals surface area contributed by atoms with Crippen LogP contribution in [0.4, 0.5) is 0 Å². The summed E-state index contributed by atoms with van der Waals surface area (Å²) in [5.74, 6) is 0.206. The molecule has 0 aliphatic carbocycles. The van der Waals surface area contributed by atoms with Gasteiger partial charge in [0, 0.05) is 18.9 Å². The van der Waals surface area contributed by atoms with Crippen molar-refractivity contribution in [1.82, 2.24) is 5.16 Å². The van der Waals surface area contributed by atoms with Gasteiger partial charge in [-0.1, -0.05) is 5.16 Å². The second kappa shape index (κ2) is 3.24. The Morgan fingerprint density at radius 3 is 2.75 bits per heavy atom. The zero-order valence-corrected chi connectivity index (χ0v) is 7.47. The topological polar surface area (TPSA) is 86.2 Å². The zero-order valence-electron chi connectivity index (χ0n) is 6.65. The van der Waals surface area contributed by atoms with Gasteiger partial charge in [-0.3, -0.25) is 0 Å². The average Bonchev–Trinajstić information content (AvgIpc) is 2.32. The molecule has 0 aliphatic rings. The van der Waals surface area contributed by atoms with Crippen LogP contribution in [-0.4, -0.2) is 19.8 Å². The number of hydrogen-bond donors (Lipinski definition) is 1. The van der Waals surface area contributed by atoms with Gasteiger partial charge in [0.25, 0.3) is 0 Å². The molecule has 0 saturated carbocycles. The monoisotopic (exact) mass is 190 g/mol. The summed E-state index contributed by atoms with van der Waals surface area (Å²) >= 11 is 0. The molecule has 0 atom stereocenters. The number of nitrogens with zero attached hydrogens (tertiary/aromatic N) is 1. The molecule has 1 heterocycles. The molecule has 12 heavy (non-hydrogen) atoms. The highest BCUT2D eigenvalue weighted by atomic mass is 32.2. The summed E-state index contributed by atoms with van der Waals surface area (Å²) in [7, 11) is -3.05. The van der Waals surface area contributed by atoms with E-state index in [2.05, 4.69) is 5.16 Å². The number of nitrogens with two attached hydrogens (primary N) is 1. The lowest BCUT2D eigenvalue weighted by atomic mass is 10.4. The standard InChI is InChI=1S/C6H10N2O3S/c1-12(9,10)4-6-2-5(3-7)8-11-6/h2H,3-4,7H2,1H3. The van der Waals surface area contributed by atoms with Crippen LogP contribution in [0.3, 0.4) is 0 Å². The lowest BCUT2D eigenvalue weighted by Crippen LogP contribution is -1.99. The molecule has 6 heteroatoms. The van der Waals surface area contributed by atoms with E-state index in [0.717, 1.165) is 6.26 Å². The molecule has 0 amide bonds. The third-order valence-electron chi connectivity index (χ3n) is 1.22. The van der Waals surface area contributed by atoms with Crippen molar-refractivity contribution in [2.75, 3.05) is 6.26 Å². The van der Waals surface area contributed by atoms with Crippen LogP contribution >= 0.6 is 0 Å². The predicted octanol–water partition coefficient (Wildman–Crippen LogP) is -0.322. The van der Waals surface area contributed by atoms with Crippen molar-refractivity contribution in [1.29, 1.82) is 0 Å². The number of aromatic nitrogens is 1. The van der Waals surface area contributed by atoms with Crippen LogP contribution in [0.1, 0.15) is 11.5 Å². The Labute approximate surface area is 70.5 Å². The van der Waals surface area contributed by atoms with E-state index in [1.54, 1.807) is 6.07 Å². The molecular formula is C6H10N2O3S. The first-order chi connectivity index (χ1) is 5.51. The van der Waals surface area contributed by atoms with Crippen molar-refractivity contribution in [3.05, 3.63) is 17.5 Å². The molecule has 5 nitrogen and oxygen atoms in total. The van der Waals surface area contributed by atoms with Crippen LogP contribution in [-0.2, 0) is 22.1 Å². The summed E-state index contributed by atoms with van der Waals surface area (Å²) < 4.78 is 26.3. The van der Waals surface area contributed by atoms with Crippen LogP contribution in [0.15, 0.2) is 10.6 Å². The van der Waals surface area contributed by atoms with Gasteiger partial charge in [0.15, 0.2) is 15.6 Å². The number of rotatable bonds is 3. The van der Waals surface area contributed by atoms with Crippen molar-refractivity contribution in [2.24, 2.45) is 5.73 Å². The van der Waals surface area contributed by atoms with E-state index >= 15 is 0 Å². The molecule has 0 aromatic carbocycles. The first-order valence-corrected chi connectivity index (χ1v) is 5.39. The molecule has 0 spiro atoms. The van der Waals surface area contributed by atoms with Gasteiger partial charge < -0.3 is 10.3 Å². The molecule has 0 bridgehead atoms. The Bertz CT molecular complexity index is 355. The molecular weight excluding hydrogens is 180 g/mol. The van der Waals surface area contributed by atoms with Gasteiger partial charge in [0.1, 0.15) is 5.75 Å². The maximum absolute atomic E-state index is 10.8. The first kappa shape index (κ1) is 9.21. The predicted molar refractivity (Wildman–Crippen MR) is 42.9 cm³/mol. The van der Waals surface area contributed by atoms with Crippen LogP contribution < -0.4 is 5.73 Å². The van der Waals surface area contributed by atoms with E-state index in [0.29, 0.717) is 11.5 Å². The lowest BCUT2D eigenvalue weighted by molar-refractivity contribution is 0.386. The van der Waals surface area contributed by atoms with E-state index in [1.165, 1.54) is 0 Å². The van der Waals surface area contributed by atoms with E-state index < -0.39 is 9.84 Å². The van der Waals surface area contributed by atoms with Gasteiger partial charge in [-0.2, -0.15) is 0 Å². The molecule has 1 rings (SSSR count). The van der Waals surface area contributed by atoms with Gasteiger partial charge in [-0.15, -0.1) is 0 Å². The second-order valence-corrected chi connectivity index (χ2v) is 4.70. The third-order valence-corrected chi connectivity index (χ3v) is 2.03. The number of hydrogen-bond acceptors (Lipinski definition) is 5. The zero-order chi connectivity index (χ0) is 9.19. The Morgan fingerprint density at radius 1 is 1.67 bits per heavy atom. The molecule has 2 N–H and O–H groups in total. The van der Waals surface area contributed by atoms with Gasteiger partial charge in [-0.25, -0.2) is 8.42 Å². The van der Waals surface area contributed by atoms with Gasteiger partial charge >= 0.3 is 0 Å². The van der Waals surface area contributed by atoms with E-state index in [9.17, 15) is 8.42 Å². The smallest absolute Gasteiger partial charge is 0.154 e. The van der Waals surface area contributed by atoms with Crippen LogP contribution in [0.2, 0.25) is 0 Å². The summed E-state index contributed by atoms with van der Waals surface area (Å²) in [6.45, 7) is 0.257. The van der Waals surface area contributed by atoms with Crippen LogP contribution in [0, 0.1) is 0 Å². The Kier molecular flexibility index (Phi) is 2.49. The summed E-state index contributed by atoms with van der Waals surface area (Å²) in [5.41, 5.74) is 5.82. The largest absolute Gasteiger partial charge is 0.360 e. The second-order valence-electron chi connectivity index (χ2n) is 2.56. The highest BCUT2D eigenvalue weighted by Crippen LogP contribution is 2.06. The minimum Gasteiger partial charge on any atom is -0.360 e. The third kappa shape index (κ3) is 2.63. The normalized spacial score (nSPS) is 11.8.